The van der Waals surface area contributed by atoms with Crippen LogP contribution in [0.1, 0.15) is 0 Å². The predicted molar refractivity (Wildman–Crippen MR) is 54.7 cm³/mol. The lowest BCUT2D eigenvalue weighted by Gasteiger charge is -2.09. The number of carbonyl (C=O) groups is 1. The van der Waals surface area contributed by atoms with E-state index in [9.17, 15) is 26.7 Å². The van der Waals surface area contributed by atoms with E-state index in [2.05, 4.69) is 4.74 Å². The van der Waals surface area contributed by atoms with Gasteiger partial charge < -0.3 is 15.8 Å². The van der Waals surface area contributed by atoms with E-state index in [1.807, 2.05) is 0 Å². The summed E-state index contributed by atoms with van der Waals surface area (Å²) in [7, 11) is 0. The lowest BCUT2D eigenvalue weighted by molar-refractivity contribution is -0.120. The number of carbonyl (C=O) groups excluding carboxylic acids is 1. The summed E-state index contributed by atoms with van der Waals surface area (Å²) in [5.41, 5.74) is 3.64. The quantitative estimate of drug-likeness (QED) is 0.371. The van der Waals surface area contributed by atoms with Crippen LogP contribution >= 0.6 is 0 Å². The molecule has 1 amide bonds. The van der Waals surface area contributed by atoms with Crippen molar-refractivity contribution in [2.75, 3.05) is 25.1 Å². The van der Waals surface area contributed by atoms with Crippen LogP contribution in [0, 0.1) is 29.1 Å². The number of rotatable bonds is 5. The summed E-state index contributed by atoms with van der Waals surface area (Å²) in [4.78, 5) is 11.2. The van der Waals surface area contributed by atoms with E-state index < -0.39 is 47.3 Å². The topological polar surface area (TPSA) is 64.3 Å². The number of nitrogens with one attached hydrogen (secondary N) is 1. The summed E-state index contributed by atoms with van der Waals surface area (Å²) in [5.74, 6) is -11.9. The highest BCUT2D eigenvalue weighted by molar-refractivity contribution is 5.92. The first kappa shape index (κ1) is 15.3. The molecule has 0 heterocycles. The van der Waals surface area contributed by atoms with E-state index in [1.54, 1.807) is 5.32 Å². The second kappa shape index (κ2) is 6.43. The molecule has 1 aromatic carbocycles. The molecule has 106 valence electrons. The molecule has 19 heavy (non-hydrogen) atoms. The highest BCUT2D eigenvalue weighted by atomic mass is 19.2. The van der Waals surface area contributed by atoms with E-state index in [-0.39, 0.29) is 13.2 Å². The third-order valence-corrected chi connectivity index (χ3v) is 1.97. The minimum absolute atomic E-state index is 0.00449. The zero-order chi connectivity index (χ0) is 14.6. The van der Waals surface area contributed by atoms with Crippen LogP contribution in [0.2, 0.25) is 0 Å². The van der Waals surface area contributed by atoms with Gasteiger partial charge in [0.15, 0.2) is 23.3 Å². The van der Waals surface area contributed by atoms with Crippen LogP contribution in [0.5, 0.6) is 0 Å². The van der Waals surface area contributed by atoms with Gasteiger partial charge in [0.05, 0.1) is 6.61 Å². The second-order valence-electron chi connectivity index (χ2n) is 3.33. The Hall–Kier alpha value is -1.74. The standard InChI is InChI=1S/C10H9F5N2O2/c11-5-6(12)8(14)10(9(15)7(5)13)17-4(18)3-19-2-1-16/h1-3,16H2,(H,17,18). The lowest BCUT2D eigenvalue weighted by Crippen LogP contribution is -2.23. The van der Waals surface area contributed by atoms with Gasteiger partial charge in [-0.25, -0.2) is 22.0 Å². The maximum Gasteiger partial charge on any atom is 0.250 e. The Morgan fingerprint density at radius 1 is 1.00 bits per heavy atom. The van der Waals surface area contributed by atoms with Crippen molar-refractivity contribution in [3.8, 4) is 0 Å². The number of hydrogen-bond donors (Lipinski definition) is 2. The Morgan fingerprint density at radius 3 is 1.95 bits per heavy atom. The second-order valence-corrected chi connectivity index (χ2v) is 3.33. The van der Waals surface area contributed by atoms with Crippen LogP contribution in [-0.4, -0.2) is 25.7 Å². The predicted octanol–water partition coefficient (Wildman–Crippen LogP) is 1.30. The molecule has 0 aliphatic carbocycles. The van der Waals surface area contributed by atoms with Crippen LogP contribution in [0.4, 0.5) is 27.6 Å². The Balaban J connectivity index is 2.93. The molecule has 0 radical (unpaired) electrons. The van der Waals surface area contributed by atoms with Gasteiger partial charge >= 0.3 is 0 Å². The number of halogens is 5. The van der Waals surface area contributed by atoms with Gasteiger partial charge in [-0.15, -0.1) is 0 Å². The summed E-state index contributed by atoms with van der Waals surface area (Å²) in [6.07, 6.45) is 0. The van der Waals surface area contributed by atoms with E-state index in [0.717, 1.165) is 0 Å². The fourth-order valence-corrected chi connectivity index (χ4v) is 1.14. The maximum atomic E-state index is 13.2. The summed E-state index contributed by atoms with van der Waals surface area (Å²) in [5, 5.41) is 1.54. The molecule has 0 fully saturated rings. The molecule has 1 aromatic rings. The third kappa shape index (κ3) is 3.38. The van der Waals surface area contributed by atoms with Crippen molar-refractivity contribution < 1.29 is 31.5 Å². The van der Waals surface area contributed by atoms with Crippen LogP contribution in [-0.2, 0) is 9.53 Å². The van der Waals surface area contributed by atoms with Gasteiger partial charge in [-0.1, -0.05) is 0 Å². The number of hydrogen-bond acceptors (Lipinski definition) is 3. The van der Waals surface area contributed by atoms with Crippen molar-refractivity contribution >= 4 is 11.6 Å². The average Bonchev–Trinajstić information content (AvgIpc) is 2.39. The van der Waals surface area contributed by atoms with Crippen molar-refractivity contribution in [2.24, 2.45) is 5.73 Å². The van der Waals surface area contributed by atoms with Gasteiger partial charge in [0.1, 0.15) is 12.3 Å². The molecule has 3 N–H and O–H groups in total. The van der Waals surface area contributed by atoms with E-state index in [1.165, 1.54) is 0 Å². The van der Waals surface area contributed by atoms with Crippen molar-refractivity contribution in [1.29, 1.82) is 0 Å². The molecule has 0 spiro atoms. The Labute approximate surface area is 104 Å². The summed E-state index contributed by atoms with van der Waals surface area (Å²) in [6, 6.07) is 0. The monoisotopic (exact) mass is 284 g/mol. The summed E-state index contributed by atoms with van der Waals surface area (Å²) >= 11 is 0. The van der Waals surface area contributed by atoms with Gasteiger partial charge in [0.25, 0.3) is 5.91 Å². The molecule has 0 aliphatic heterocycles. The number of benzene rings is 1. The fourth-order valence-electron chi connectivity index (χ4n) is 1.14. The molecule has 0 aromatic heterocycles. The zero-order valence-electron chi connectivity index (χ0n) is 9.40. The van der Waals surface area contributed by atoms with Crippen LogP contribution < -0.4 is 11.1 Å². The molecule has 0 unspecified atom stereocenters. The number of ether oxygens (including phenoxy) is 1. The molecule has 0 aliphatic rings. The van der Waals surface area contributed by atoms with Crippen molar-refractivity contribution in [1.82, 2.24) is 0 Å². The van der Waals surface area contributed by atoms with Gasteiger partial charge in [0, 0.05) is 6.54 Å². The SMILES string of the molecule is NCCOCC(=O)Nc1c(F)c(F)c(F)c(F)c1F. The van der Waals surface area contributed by atoms with Crippen LogP contribution in [0.25, 0.3) is 0 Å². The first-order valence-electron chi connectivity index (χ1n) is 4.99. The highest BCUT2D eigenvalue weighted by Crippen LogP contribution is 2.26. The van der Waals surface area contributed by atoms with Gasteiger partial charge in [-0.05, 0) is 0 Å². The Bertz CT molecular complexity index is 466. The lowest BCUT2D eigenvalue weighted by atomic mass is 10.2. The van der Waals surface area contributed by atoms with Gasteiger partial charge in [-0.3, -0.25) is 4.79 Å². The van der Waals surface area contributed by atoms with Gasteiger partial charge in [-0.2, -0.15) is 0 Å². The molecular weight excluding hydrogens is 275 g/mol. The highest BCUT2D eigenvalue weighted by Gasteiger charge is 2.26. The fraction of sp³-hybridized carbons (Fsp3) is 0.300. The molecular formula is C10H9F5N2O2. The molecule has 1 rings (SSSR count). The van der Waals surface area contributed by atoms with Crippen molar-refractivity contribution in [2.45, 2.75) is 0 Å². The first-order chi connectivity index (χ1) is 8.90. The van der Waals surface area contributed by atoms with Crippen molar-refractivity contribution in [3.63, 3.8) is 0 Å². The largest absolute Gasteiger partial charge is 0.370 e. The van der Waals surface area contributed by atoms with E-state index in [4.69, 9.17) is 5.73 Å². The van der Waals surface area contributed by atoms with Crippen molar-refractivity contribution in [3.05, 3.63) is 29.1 Å². The minimum Gasteiger partial charge on any atom is -0.370 e. The van der Waals surface area contributed by atoms with E-state index >= 15 is 0 Å². The summed E-state index contributed by atoms with van der Waals surface area (Å²) < 4.78 is 69.3. The third-order valence-electron chi connectivity index (χ3n) is 1.97. The maximum absolute atomic E-state index is 13.2. The molecule has 0 saturated carbocycles. The average molecular weight is 284 g/mol. The number of amides is 1. The minimum atomic E-state index is -2.30. The van der Waals surface area contributed by atoms with Crippen LogP contribution in [0.3, 0.4) is 0 Å². The van der Waals surface area contributed by atoms with Crippen LogP contribution in [0.15, 0.2) is 0 Å². The molecule has 0 bridgehead atoms. The molecule has 9 heteroatoms. The van der Waals surface area contributed by atoms with Gasteiger partial charge in [0.2, 0.25) is 5.82 Å². The zero-order valence-corrected chi connectivity index (χ0v) is 9.40. The smallest absolute Gasteiger partial charge is 0.250 e. The molecule has 0 atom stereocenters. The number of nitrogens with two attached hydrogens (primary N) is 1. The molecule has 4 nitrogen and oxygen atoms in total. The van der Waals surface area contributed by atoms with E-state index in [0.29, 0.717) is 0 Å². The Kier molecular flexibility index (Phi) is 5.19. The summed E-state index contributed by atoms with van der Waals surface area (Å²) in [6.45, 7) is -0.517. The number of anilines is 1. The Morgan fingerprint density at radius 2 is 1.47 bits per heavy atom. The normalized spacial score (nSPS) is 10.6. The molecule has 0 saturated heterocycles. The first-order valence-corrected chi connectivity index (χ1v) is 4.99.